The van der Waals surface area contributed by atoms with Crippen LogP contribution in [-0.4, -0.2) is 34.1 Å². The molecule has 0 amide bonds. The zero-order chi connectivity index (χ0) is 11.1. The molecule has 0 aromatic carbocycles. The molecule has 3 heterocycles. The van der Waals surface area contributed by atoms with Crippen LogP contribution in [0.1, 0.15) is 32.6 Å². The summed E-state index contributed by atoms with van der Waals surface area (Å²) in [5.74, 6) is 2.36. The summed E-state index contributed by atoms with van der Waals surface area (Å²) in [6.45, 7) is 3.18. The van der Waals surface area contributed by atoms with Gasteiger partial charge in [-0.3, -0.25) is 9.69 Å². The molecule has 4 heteroatoms. The normalized spacial score (nSPS) is 59.1. The second-order valence-corrected chi connectivity index (χ2v) is 6.56. The molecule has 4 rings (SSSR count). The molecule has 1 saturated carbocycles. The number of nitrogens with zero attached hydrogens (tertiary/aromatic N) is 1. The molecular weight excluding hydrogens is 238 g/mol. The van der Waals surface area contributed by atoms with E-state index in [9.17, 15) is 9.90 Å². The molecule has 3 nitrogen and oxygen atoms in total. The third-order valence-electron chi connectivity index (χ3n) is 5.53. The van der Waals surface area contributed by atoms with E-state index in [1.165, 1.54) is 0 Å². The van der Waals surface area contributed by atoms with Gasteiger partial charge < -0.3 is 5.11 Å². The number of aliphatic hydroxyl groups is 1. The predicted molar refractivity (Wildman–Crippen MR) is 65.8 cm³/mol. The molecule has 1 aliphatic carbocycles. The first kappa shape index (κ1) is 11.9. The summed E-state index contributed by atoms with van der Waals surface area (Å²) in [5.41, 5.74) is -0.625. The lowest BCUT2D eigenvalue weighted by atomic mass is 9.68. The fraction of sp³-hybridized carbons (Fsp3) is 0.923. The average Bonchev–Trinajstić information content (AvgIpc) is 2.38. The van der Waals surface area contributed by atoms with Gasteiger partial charge >= 0.3 is 0 Å². The smallest absolute Gasteiger partial charge is 0.150 e. The maximum atomic E-state index is 12.2. The highest BCUT2D eigenvalue weighted by Gasteiger charge is 2.67. The van der Waals surface area contributed by atoms with E-state index in [0.29, 0.717) is 29.5 Å². The second kappa shape index (κ2) is 3.46. The van der Waals surface area contributed by atoms with E-state index < -0.39 is 5.72 Å². The second-order valence-electron chi connectivity index (χ2n) is 6.56. The van der Waals surface area contributed by atoms with Crippen molar-refractivity contribution in [2.75, 3.05) is 6.54 Å². The fourth-order valence-corrected chi connectivity index (χ4v) is 5.18. The van der Waals surface area contributed by atoms with Gasteiger partial charge in [-0.15, -0.1) is 12.4 Å². The summed E-state index contributed by atoms with van der Waals surface area (Å²) in [6, 6.07) is 0.0682. The summed E-state index contributed by atoms with van der Waals surface area (Å²) in [5, 5.41) is 10.9. The van der Waals surface area contributed by atoms with E-state index in [0.717, 1.165) is 32.2 Å². The summed E-state index contributed by atoms with van der Waals surface area (Å²) >= 11 is 0. The van der Waals surface area contributed by atoms with Crippen molar-refractivity contribution in [1.82, 2.24) is 4.90 Å². The van der Waals surface area contributed by atoms with Crippen molar-refractivity contribution in [3.8, 4) is 0 Å². The Labute approximate surface area is 108 Å². The number of halogens is 1. The first-order valence-corrected chi connectivity index (χ1v) is 6.61. The van der Waals surface area contributed by atoms with Crippen molar-refractivity contribution < 1.29 is 9.90 Å². The lowest BCUT2D eigenvalue weighted by Crippen LogP contribution is -2.60. The number of carbonyl (C=O) groups is 1. The van der Waals surface area contributed by atoms with E-state index in [2.05, 4.69) is 11.8 Å². The molecule has 5 bridgehead atoms. The standard InChI is InChI=1S/C13H19NO2.ClH/c1-7-2-9-10-3-8-4-11(15)12(9)14(6-8)13(10,16)5-7;/h7-10,12,16H,2-6H2,1H3;1H/t7-,8+,9-,10-,12-,13+;/m1./s1. The van der Waals surface area contributed by atoms with Gasteiger partial charge in [-0.25, -0.2) is 0 Å². The van der Waals surface area contributed by atoms with Gasteiger partial charge in [0.05, 0.1) is 6.04 Å². The van der Waals surface area contributed by atoms with Crippen molar-refractivity contribution in [3.63, 3.8) is 0 Å². The highest BCUT2D eigenvalue weighted by atomic mass is 35.5. The Morgan fingerprint density at radius 3 is 2.94 bits per heavy atom. The SMILES string of the molecule is C[C@@H]1C[C@@H]2[C@H]3C[C@H]4CC(=O)[C@@H]2N(C4)[C@]3(O)C1.Cl. The van der Waals surface area contributed by atoms with E-state index in [1.54, 1.807) is 0 Å². The highest BCUT2D eigenvalue weighted by molar-refractivity contribution is 5.86. The van der Waals surface area contributed by atoms with Gasteiger partial charge in [0, 0.05) is 18.9 Å². The van der Waals surface area contributed by atoms with Crippen molar-refractivity contribution in [1.29, 1.82) is 0 Å². The Morgan fingerprint density at radius 2 is 2.18 bits per heavy atom. The van der Waals surface area contributed by atoms with Gasteiger partial charge in [-0.2, -0.15) is 0 Å². The number of hydrogen-bond acceptors (Lipinski definition) is 3. The van der Waals surface area contributed by atoms with Crippen molar-refractivity contribution >= 4 is 18.2 Å². The number of fused-ring (bicyclic) bond motifs is 2. The van der Waals surface area contributed by atoms with Crippen molar-refractivity contribution in [3.05, 3.63) is 0 Å². The molecule has 3 aliphatic heterocycles. The number of hydrogen-bond donors (Lipinski definition) is 1. The van der Waals surface area contributed by atoms with Crippen molar-refractivity contribution in [2.24, 2.45) is 23.7 Å². The Hall–Kier alpha value is -0.120. The first-order valence-electron chi connectivity index (χ1n) is 6.61. The van der Waals surface area contributed by atoms with Gasteiger partial charge in [-0.1, -0.05) is 6.92 Å². The van der Waals surface area contributed by atoms with E-state index in [-0.39, 0.29) is 18.4 Å². The van der Waals surface area contributed by atoms with Crippen LogP contribution in [0, 0.1) is 23.7 Å². The monoisotopic (exact) mass is 257 g/mol. The van der Waals surface area contributed by atoms with Gasteiger partial charge in [0.1, 0.15) is 5.72 Å². The first-order chi connectivity index (χ1) is 7.59. The van der Waals surface area contributed by atoms with E-state index in [1.807, 2.05) is 0 Å². The molecule has 4 fully saturated rings. The molecule has 96 valence electrons. The number of carbonyl (C=O) groups excluding carboxylic acids is 1. The van der Waals surface area contributed by atoms with Crippen LogP contribution in [0.25, 0.3) is 0 Å². The maximum Gasteiger partial charge on any atom is 0.150 e. The Kier molecular flexibility index (Phi) is 2.43. The molecular formula is C13H20ClNO2. The lowest BCUT2D eigenvalue weighted by Gasteiger charge is -2.50. The van der Waals surface area contributed by atoms with Crippen LogP contribution in [0.3, 0.4) is 0 Å². The lowest BCUT2D eigenvalue weighted by molar-refractivity contribution is -0.183. The minimum absolute atomic E-state index is 0. The van der Waals surface area contributed by atoms with Crippen molar-refractivity contribution in [2.45, 2.75) is 44.4 Å². The Bertz CT molecular complexity index is 374. The minimum atomic E-state index is -0.625. The van der Waals surface area contributed by atoms with E-state index in [4.69, 9.17) is 0 Å². The predicted octanol–water partition coefficient (Wildman–Crippen LogP) is 1.44. The summed E-state index contributed by atoms with van der Waals surface area (Å²) < 4.78 is 0. The molecule has 3 saturated heterocycles. The Morgan fingerprint density at radius 1 is 1.41 bits per heavy atom. The van der Waals surface area contributed by atoms with Crippen LogP contribution in [0.2, 0.25) is 0 Å². The zero-order valence-corrected chi connectivity index (χ0v) is 10.9. The van der Waals surface area contributed by atoms with Gasteiger partial charge in [0.25, 0.3) is 0 Å². The quantitative estimate of drug-likeness (QED) is 0.714. The summed E-state index contributed by atoms with van der Waals surface area (Å²) in [7, 11) is 0. The third kappa shape index (κ3) is 1.28. The highest BCUT2D eigenvalue weighted by Crippen LogP contribution is 2.59. The van der Waals surface area contributed by atoms with Crippen LogP contribution in [0.15, 0.2) is 0 Å². The topological polar surface area (TPSA) is 40.5 Å². The molecule has 7 atom stereocenters. The summed E-state index contributed by atoms with van der Waals surface area (Å²) in [6.07, 6.45) is 3.89. The molecule has 4 aliphatic rings. The third-order valence-corrected chi connectivity index (χ3v) is 5.53. The number of rotatable bonds is 0. The molecule has 17 heavy (non-hydrogen) atoms. The number of ketones is 1. The largest absolute Gasteiger partial charge is 0.375 e. The van der Waals surface area contributed by atoms with Gasteiger partial charge in [-0.05, 0) is 37.0 Å². The van der Waals surface area contributed by atoms with Gasteiger partial charge in [0.2, 0.25) is 0 Å². The molecule has 0 aromatic rings. The van der Waals surface area contributed by atoms with Gasteiger partial charge in [0.15, 0.2) is 5.78 Å². The number of Topliss-reactive ketones (excluding diaryl/α,β-unsaturated/α-hetero) is 1. The number of piperidine rings is 2. The molecule has 1 unspecified atom stereocenters. The maximum absolute atomic E-state index is 12.2. The van der Waals surface area contributed by atoms with Crippen LogP contribution >= 0.6 is 12.4 Å². The molecule has 1 N–H and O–H groups in total. The molecule has 0 aromatic heterocycles. The Balaban J connectivity index is 0.000000902. The summed E-state index contributed by atoms with van der Waals surface area (Å²) in [4.78, 5) is 14.3. The minimum Gasteiger partial charge on any atom is -0.375 e. The average molecular weight is 258 g/mol. The zero-order valence-electron chi connectivity index (χ0n) is 10.1. The van der Waals surface area contributed by atoms with Crippen LogP contribution < -0.4 is 0 Å². The molecule has 0 radical (unpaired) electrons. The molecule has 0 spiro atoms. The van der Waals surface area contributed by atoms with Crippen LogP contribution in [0.4, 0.5) is 0 Å². The van der Waals surface area contributed by atoms with E-state index >= 15 is 0 Å². The van der Waals surface area contributed by atoms with Crippen LogP contribution in [-0.2, 0) is 4.79 Å². The van der Waals surface area contributed by atoms with Crippen LogP contribution in [0.5, 0.6) is 0 Å². The fourth-order valence-electron chi connectivity index (χ4n) is 5.18.